The van der Waals surface area contributed by atoms with E-state index in [-0.39, 0.29) is 17.8 Å². The fraction of sp³-hybridized carbons (Fsp3) is 0.556. The van der Waals surface area contributed by atoms with Gasteiger partial charge in [-0.25, -0.2) is 4.79 Å². The molecule has 0 aromatic heterocycles. The number of carbonyl (C=O) groups is 2. The van der Waals surface area contributed by atoms with Gasteiger partial charge in [0.05, 0.1) is 6.61 Å². The molecule has 1 saturated carbocycles. The molecular formula is C18H24ClNO3. The van der Waals surface area contributed by atoms with E-state index in [4.69, 9.17) is 16.3 Å². The van der Waals surface area contributed by atoms with Gasteiger partial charge in [0, 0.05) is 10.9 Å². The summed E-state index contributed by atoms with van der Waals surface area (Å²) in [6.07, 6.45) is 3.64. The summed E-state index contributed by atoms with van der Waals surface area (Å²) in [5.41, 5.74) is 1.29. The number of carbonyl (C=O) groups excluding carboxylic acids is 2. The van der Waals surface area contributed by atoms with Crippen molar-refractivity contribution >= 4 is 23.5 Å². The Morgan fingerprint density at radius 1 is 1.22 bits per heavy atom. The van der Waals surface area contributed by atoms with E-state index in [2.05, 4.69) is 17.4 Å². The number of benzene rings is 1. The molecule has 0 bridgehead atoms. The van der Waals surface area contributed by atoms with Gasteiger partial charge < -0.3 is 10.1 Å². The van der Waals surface area contributed by atoms with E-state index in [0.717, 1.165) is 30.7 Å². The molecule has 0 saturated heterocycles. The molecular weight excluding hydrogens is 314 g/mol. The van der Waals surface area contributed by atoms with Crippen molar-refractivity contribution in [2.75, 3.05) is 6.61 Å². The van der Waals surface area contributed by atoms with Crippen molar-refractivity contribution < 1.29 is 14.3 Å². The zero-order valence-electron chi connectivity index (χ0n) is 13.7. The highest BCUT2D eigenvalue weighted by Crippen LogP contribution is 2.36. The number of hydrogen-bond acceptors (Lipinski definition) is 3. The van der Waals surface area contributed by atoms with Crippen LogP contribution in [0.4, 0.5) is 0 Å². The highest BCUT2D eigenvalue weighted by Gasteiger charge is 2.28. The van der Waals surface area contributed by atoms with Crippen LogP contribution in [0.15, 0.2) is 24.3 Å². The van der Waals surface area contributed by atoms with Crippen LogP contribution in [-0.2, 0) is 14.3 Å². The van der Waals surface area contributed by atoms with Crippen LogP contribution in [0, 0.1) is 5.92 Å². The number of amides is 1. The minimum Gasteiger partial charge on any atom is -0.464 e. The molecule has 1 aromatic carbocycles. The molecule has 0 unspecified atom stereocenters. The fourth-order valence-corrected chi connectivity index (χ4v) is 3.21. The zero-order chi connectivity index (χ0) is 16.8. The van der Waals surface area contributed by atoms with E-state index in [1.165, 1.54) is 5.56 Å². The number of ether oxygens (including phenoxy) is 1. The quantitative estimate of drug-likeness (QED) is 0.834. The van der Waals surface area contributed by atoms with Crippen LogP contribution in [0.1, 0.15) is 51.0 Å². The van der Waals surface area contributed by atoms with Crippen molar-refractivity contribution in [2.45, 2.75) is 51.5 Å². The monoisotopic (exact) mass is 337 g/mol. The van der Waals surface area contributed by atoms with Crippen molar-refractivity contribution in [1.82, 2.24) is 5.32 Å². The topological polar surface area (TPSA) is 55.4 Å². The molecule has 1 aliphatic carbocycles. The summed E-state index contributed by atoms with van der Waals surface area (Å²) in [6, 6.07) is 7.37. The van der Waals surface area contributed by atoms with E-state index in [0.29, 0.717) is 12.5 Å². The highest BCUT2D eigenvalue weighted by molar-refractivity contribution is 6.30. The normalized spacial score (nSPS) is 22.2. The van der Waals surface area contributed by atoms with Gasteiger partial charge in [0.25, 0.3) is 0 Å². The molecule has 1 aliphatic rings. The number of nitrogens with one attached hydrogen (secondary N) is 1. The molecule has 2 rings (SSSR count). The average Bonchev–Trinajstić information content (AvgIpc) is 2.56. The first-order chi connectivity index (χ1) is 11.0. The Kier molecular flexibility index (Phi) is 6.46. The Balaban J connectivity index is 1.82. The minimum absolute atomic E-state index is 0.0181. The van der Waals surface area contributed by atoms with Gasteiger partial charge in [0.15, 0.2) is 0 Å². The predicted molar refractivity (Wildman–Crippen MR) is 90.4 cm³/mol. The summed E-state index contributed by atoms with van der Waals surface area (Å²) in [4.78, 5) is 23.8. The molecule has 0 spiro atoms. The molecule has 1 amide bonds. The molecule has 0 heterocycles. The van der Waals surface area contributed by atoms with Crippen molar-refractivity contribution in [1.29, 1.82) is 0 Å². The Bertz CT molecular complexity index is 536. The summed E-state index contributed by atoms with van der Waals surface area (Å²) in [5.74, 6) is 0.0463. The van der Waals surface area contributed by atoms with Crippen molar-refractivity contribution in [3.63, 3.8) is 0 Å². The van der Waals surface area contributed by atoms with Crippen LogP contribution >= 0.6 is 11.6 Å². The van der Waals surface area contributed by atoms with Crippen molar-refractivity contribution in [2.24, 2.45) is 5.92 Å². The van der Waals surface area contributed by atoms with Crippen LogP contribution in [-0.4, -0.2) is 24.5 Å². The predicted octanol–water partition coefficient (Wildman–Crippen LogP) is 3.68. The van der Waals surface area contributed by atoms with Crippen LogP contribution in [0.25, 0.3) is 0 Å². The summed E-state index contributed by atoms with van der Waals surface area (Å²) in [5, 5.41) is 3.51. The molecule has 4 nitrogen and oxygen atoms in total. The summed E-state index contributed by atoms with van der Waals surface area (Å²) in [7, 11) is 0. The second-order valence-electron chi connectivity index (χ2n) is 6.08. The Morgan fingerprint density at radius 3 is 2.39 bits per heavy atom. The van der Waals surface area contributed by atoms with E-state index < -0.39 is 6.04 Å². The van der Waals surface area contributed by atoms with E-state index in [9.17, 15) is 9.59 Å². The van der Waals surface area contributed by atoms with Crippen LogP contribution in [0.5, 0.6) is 0 Å². The maximum atomic E-state index is 12.3. The molecule has 1 N–H and O–H groups in total. The molecule has 0 radical (unpaired) electrons. The Morgan fingerprint density at radius 2 is 1.83 bits per heavy atom. The van der Waals surface area contributed by atoms with Gasteiger partial charge in [0.1, 0.15) is 6.04 Å². The lowest BCUT2D eigenvalue weighted by Gasteiger charge is -2.28. The second-order valence-corrected chi connectivity index (χ2v) is 6.52. The van der Waals surface area contributed by atoms with Gasteiger partial charge >= 0.3 is 5.97 Å². The van der Waals surface area contributed by atoms with Crippen molar-refractivity contribution in [3.05, 3.63) is 34.9 Å². The SMILES string of the molecule is CCOC(=O)[C@@H](C)NC(=O)C1CCC(c2ccc(Cl)cc2)CC1. The molecule has 126 valence electrons. The number of halogens is 1. The first-order valence-corrected chi connectivity index (χ1v) is 8.61. The van der Waals surface area contributed by atoms with Crippen LogP contribution in [0.3, 0.4) is 0 Å². The largest absolute Gasteiger partial charge is 0.464 e. The third-order valence-electron chi connectivity index (χ3n) is 4.44. The molecule has 1 atom stereocenters. The summed E-state index contributed by atoms with van der Waals surface area (Å²) >= 11 is 5.92. The molecule has 23 heavy (non-hydrogen) atoms. The smallest absolute Gasteiger partial charge is 0.328 e. The highest BCUT2D eigenvalue weighted by atomic mass is 35.5. The van der Waals surface area contributed by atoms with Crippen LogP contribution in [0.2, 0.25) is 5.02 Å². The first-order valence-electron chi connectivity index (χ1n) is 8.23. The van der Waals surface area contributed by atoms with Gasteiger partial charge in [0.2, 0.25) is 5.91 Å². The van der Waals surface area contributed by atoms with E-state index >= 15 is 0 Å². The number of hydrogen-bond donors (Lipinski definition) is 1. The number of esters is 1. The maximum absolute atomic E-state index is 12.3. The van der Waals surface area contributed by atoms with Gasteiger partial charge in [-0.3, -0.25) is 4.79 Å². The lowest BCUT2D eigenvalue weighted by molar-refractivity contribution is -0.147. The maximum Gasteiger partial charge on any atom is 0.328 e. The fourth-order valence-electron chi connectivity index (χ4n) is 3.08. The van der Waals surface area contributed by atoms with Gasteiger partial charge in [-0.15, -0.1) is 0 Å². The summed E-state index contributed by atoms with van der Waals surface area (Å²) in [6.45, 7) is 3.74. The third-order valence-corrected chi connectivity index (χ3v) is 4.69. The zero-order valence-corrected chi connectivity index (χ0v) is 14.4. The van der Waals surface area contributed by atoms with Gasteiger partial charge in [-0.05, 0) is 63.1 Å². The molecule has 1 aromatic rings. The minimum atomic E-state index is -0.587. The Labute approximate surface area is 142 Å². The van der Waals surface area contributed by atoms with Gasteiger partial charge in [-0.1, -0.05) is 23.7 Å². The molecule has 0 aliphatic heterocycles. The Hall–Kier alpha value is -1.55. The van der Waals surface area contributed by atoms with E-state index in [1.807, 2.05) is 12.1 Å². The summed E-state index contributed by atoms with van der Waals surface area (Å²) < 4.78 is 4.91. The lowest BCUT2D eigenvalue weighted by atomic mass is 9.78. The van der Waals surface area contributed by atoms with Crippen LogP contribution < -0.4 is 5.32 Å². The van der Waals surface area contributed by atoms with Gasteiger partial charge in [-0.2, -0.15) is 0 Å². The third kappa shape index (κ3) is 4.96. The number of rotatable bonds is 5. The molecule has 1 fully saturated rings. The lowest BCUT2D eigenvalue weighted by Crippen LogP contribution is -2.43. The first kappa shape index (κ1) is 17.8. The molecule has 5 heteroatoms. The van der Waals surface area contributed by atoms with E-state index in [1.54, 1.807) is 13.8 Å². The standard InChI is InChI=1S/C18H24ClNO3/c1-3-23-18(22)12(2)20-17(21)15-6-4-13(5-7-15)14-8-10-16(19)11-9-14/h8-13,15H,3-7H2,1-2H3,(H,20,21)/t12-,13?,15?/m1/s1. The van der Waals surface area contributed by atoms with Crippen molar-refractivity contribution in [3.8, 4) is 0 Å². The second kappa shape index (κ2) is 8.34. The average molecular weight is 338 g/mol.